The summed E-state index contributed by atoms with van der Waals surface area (Å²) in [5, 5.41) is 9.35. The molecule has 0 spiro atoms. The van der Waals surface area contributed by atoms with Crippen LogP contribution in [0.2, 0.25) is 0 Å². The van der Waals surface area contributed by atoms with Crippen molar-refractivity contribution >= 4 is 5.97 Å². The smallest absolute Gasteiger partial charge is 0.417 e. The first kappa shape index (κ1) is 23.9. The van der Waals surface area contributed by atoms with Crippen LogP contribution in [0.1, 0.15) is 47.0 Å². The summed E-state index contributed by atoms with van der Waals surface area (Å²) < 4.78 is 113. The van der Waals surface area contributed by atoms with Crippen LogP contribution in [0, 0.1) is 11.8 Å². The Bertz CT molecular complexity index is 555. The molecule has 1 aliphatic rings. The quantitative estimate of drug-likeness (QED) is 0.508. The van der Waals surface area contributed by atoms with E-state index in [1.807, 2.05) is 0 Å². The summed E-state index contributed by atoms with van der Waals surface area (Å²) in [7, 11) is 0. The van der Waals surface area contributed by atoms with E-state index in [9.17, 15) is 45.0 Å². The number of hydrogen-bond acceptors (Lipinski definition) is 3. The van der Waals surface area contributed by atoms with Crippen molar-refractivity contribution in [2.24, 2.45) is 11.8 Å². The minimum Gasteiger partial charge on any atom is -0.462 e. The van der Waals surface area contributed by atoms with E-state index >= 15 is 0 Å². The molecule has 0 radical (unpaired) electrons. The Labute approximate surface area is 151 Å². The minimum absolute atomic E-state index is 0.0135. The highest BCUT2D eigenvalue weighted by atomic mass is 19.4. The number of ether oxygens (including phenoxy) is 1. The van der Waals surface area contributed by atoms with Gasteiger partial charge in [-0.3, -0.25) is 4.79 Å². The molecule has 0 aromatic carbocycles. The van der Waals surface area contributed by atoms with Crippen LogP contribution in [0.5, 0.6) is 0 Å². The lowest BCUT2D eigenvalue weighted by atomic mass is 9.83. The number of halogens is 8. The molecule has 1 saturated carbocycles. The fourth-order valence-corrected chi connectivity index (χ4v) is 3.46. The summed E-state index contributed by atoms with van der Waals surface area (Å²) in [5.41, 5.74) is -7.56. The second-order valence-corrected chi connectivity index (χ2v) is 7.34. The third-order valence-electron chi connectivity index (χ3n) is 5.03. The zero-order valence-corrected chi connectivity index (χ0v) is 15.1. The van der Waals surface area contributed by atoms with Crippen LogP contribution in [-0.4, -0.2) is 46.5 Å². The lowest BCUT2D eigenvalue weighted by Gasteiger charge is -2.37. The molecule has 1 aliphatic carbocycles. The van der Waals surface area contributed by atoms with Crippen molar-refractivity contribution in [2.75, 3.05) is 0 Å². The van der Waals surface area contributed by atoms with Gasteiger partial charge in [0.25, 0.3) is 5.92 Å². The van der Waals surface area contributed by atoms with Gasteiger partial charge in [0.2, 0.25) is 5.67 Å². The van der Waals surface area contributed by atoms with Crippen LogP contribution in [0.4, 0.5) is 35.1 Å². The molecule has 11 heteroatoms. The van der Waals surface area contributed by atoms with E-state index in [0.29, 0.717) is 6.92 Å². The molecule has 0 heterocycles. The van der Waals surface area contributed by atoms with Crippen molar-refractivity contribution in [1.82, 2.24) is 0 Å². The first-order chi connectivity index (χ1) is 11.8. The van der Waals surface area contributed by atoms with Crippen molar-refractivity contribution in [3.63, 3.8) is 0 Å². The number of rotatable bonds is 6. The highest BCUT2D eigenvalue weighted by Gasteiger charge is 2.78. The van der Waals surface area contributed by atoms with Crippen LogP contribution in [-0.2, 0) is 9.53 Å². The lowest BCUT2D eigenvalue weighted by molar-refractivity contribution is -0.263. The second kappa shape index (κ2) is 7.04. The average molecular weight is 414 g/mol. The molecule has 0 aromatic rings. The van der Waals surface area contributed by atoms with Crippen molar-refractivity contribution in [3.8, 4) is 0 Å². The van der Waals surface area contributed by atoms with Gasteiger partial charge in [-0.05, 0) is 26.7 Å². The molecule has 1 fully saturated rings. The van der Waals surface area contributed by atoms with Crippen LogP contribution >= 0.6 is 0 Å². The molecule has 3 nitrogen and oxygen atoms in total. The maximum absolute atomic E-state index is 14.7. The van der Waals surface area contributed by atoms with Gasteiger partial charge in [-0.15, -0.1) is 0 Å². The Morgan fingerprint density at radius 2 is 1.67 bits per heavy atom. The Hall–Kier alpha value is -1.13. The van der Waals surface area contributed by atoms with Crippen molar-refractivity contribution in [3.05, 3.63) is 0 Å². The summed E-state index contributed by atoms with van der Waals surface area (Å²) in [6, 6.07) is 0. The Morgan fingerprint density at radius 3 is 2.00 bits per heavy atom. The van der Waals surface area contributed by atoms with Crippen LogP contribution in [0.15, 0.2) is 0 Å². The number of carbonyl (C=O) groups excluding carboxylic acids is 1. The van der Waals surface area contributed by atoms with E-state index in [2.05, 4.69) is 4.74 Å². The molecule has 0 bridgehead atoms. The van der Waals surface area contributed by atoms with Gasteiger partial charge in [0.15, 0.2) is 5.60 Å². The zero-order valence-electron chi connectivity index (χ0n) is 15.1. The average Bonchev–Trinajstić information content (AvgIpc) is 2.64. The topological polar surface area (TPSA) is 46.5 Å². The minimum atomic E-state index is -5.07. The van der Waals surface area contributed by atoms with Gasteiger partial charge in [-0.2, -0.15) is 13.2 Å². The largest absolute Gasteiger partial charge is 0.462 e. The third kappa shape index (κ3) is 4.02. The van der Waals surface area contributed by atoms with Gasteiger partial charge in [-0.1, -0.05) is 6.92 Å². The number of alkyl halides is 8. The summed E-state index contributed by atoms with van der Waals surface area (Å²) in [6.45, 7) is 2.51. The molecule has 27 heavy (non-hydrogen) atoms. The molecular weight excluding hydrogens is 392 g/mol. The summed E-state index contributed by atoms with van der Waals surface area (Å²) in [5.74, 6) is -15.4. The maximum Gasteiger partial charge on any atom is 0.417 e. The number of carbonyl (C=O) groups is 1. The molecule has 0 aromatic heterocycles. The molecule has 1 N–H and O–H groups in total. The van der Waals surface area contributed by atoms with E-state index in [4.69, 9.17) is 0 Å². The summed E-state index contributed by atoms with van der Waals surface area (Å²) in [4.78, 5) is 12.0. The van der Waals surface area contributed by atoms with Gasteiger partial charge in [0.1, 0.15) is 12.0 Å². The summed E-state index contributed by atoms with van der Waals surface area (Å²) >= 11 is 0. The van der Waals surface area contributed by atoms with Gasteiger partial charge < -0.3 is 9.84 Å². The molecule has 0 saturated heterocycles. The van der Waals surface area contributed by atoms with Crippen molar-refractivity contribution < 1.29 is 49.8 Å². The monoisotopic (exact) mass is 414 g/mol. The highest BCUT2D eigenvalue weighted by molar-refractivity contribution is 5.75. The first-order valence-corrected chi connectivity index (χ1v) is 8.27. The van der Waals surface area contributed by atoms with Crippen molar-refractivity contribution in [1.29, 1.82) is 0 Å². The Balaban J connectivity index is 3.02. The lowest BCUT2D eigenvalue weighted by Crippen LogP contribution is -2.58. The fraction of sp³-hybridized carbons (Fsp3) is 0.938. The SMILES string of the molecule is CCC1CC(C(=O)OC(C)CC(C)(O)C(F)(F)F)C(F)(F)C1(F)C(C)(F)F. The van der Waals surface area contributed by atoms with Gasteiger partial charge in [0.05, 0.1) is 0 Å². The van der Waals surface area contributed by atoms with Crippen LogP contribution in [0.3, 0.4) is 0 Å². The first-order valence-electron chi connectivity index (χ1n) is 8.27. The van der Waals surface area contributed by atoms with Crippen LogP contribution < -0.4 is 0 Å². The van der Waals surface area contributed by atoms with Gasteiger partial charge >= 0.3 is 18.1 Å². The van der Waals surface area contributed by atoms with Crippen molar-refractivity contribution in [2.45, 2.75) is 82.4 Å². The molecule has 1 rings (SSSR count). The third-order valence-corrected chi connectivity index (χ3v) is 5.03. The Morgan fingerprint density at radius 1 is 1.19 bits per heavy atom. The molecule has 5 unspecified atom stereocenters. The number of hydrogen-bond donors (Lipinski definition) is 1. The zero-order chi connectivity index (χ0) is 21.6. The fourth-order valence-electron chi connectivity index (χ4n) is 3.46. The molecule has 0 amide bonds. The Kier molecular flexibility index (Phi) is 6.23. The van der Waals surface area contributed by atoms with E-state index in [1.165, 1.54) is 6.92 Å². The van der Waals surface area contributed by atoms with E-state index in [-0.39, 0.29) is 6.92 Å². The molecular formula is C16H22F8O3. The predicted molar refractivity (Wildman–Crippen MR) is 78.1 cm³/mol. The highest BCUT2D eigenvalue weighted by Crippen LogP contribution is 2.61. The molecule has 160 valence electrons. The molecule has 5 atom stereocenters. The molecule has 0 aliphatic heterocycles. The predicted octanol–water partition coefficient (Wildman–Crippen LogP) is 4.67. The number of esters is 1. The van der Waals surface area contributed by atoms with Gasteiger partial charge in [-0.25, -0.2) is 22.0 Å². The number of aliphatic hydroxyl groups is 1. The second-order valence-electron chi connectivity index (χ2n) is 7.34. The standard InChI is InChI=1S/C16H22F8O3/c1-5-9-6-10(15(20,21)14(9,19)13(4,17)18)11(25)27-8(2)7-12(3,26)16(22,23)24/h8-10,26H,5-7H2,1-4H3. The van der Waals surface area contributed by atoms with E-state index in [0.717, 1.165) is 6.92 Å². The van der Waals surface area contributed by atoms with Gasteiger partial charge in [0, 0.05) is 19.3 Å². The van der Waals surface area contributed by atoms with Crippen LogP contribution in [0.25, 0.3) is 0 Å². The van der Waals surface area contributed by atoms with E-state index < -0.39 is 72.5 Å². The maximum atomic E-state index is 14.7. The normalized spacial score (nSPS) is 32.0. The summed E-state index contributed by atoms with van der Waals surface area (Å²) in [6.07, 6.45) is -9.25. The van der Waals surface area contributed by atoms with E-state index in [1.54, 1.807) is 0 Å².